The molecule has 134 valence electrons. The summed E-state index contributed by atoms with van der Waals surface area (Å²) in [6, 6.07) is 25.9. The lowest BCUT2D eigenvalue weighted by molar-refractivity contribution is 0.0730. The molecule has 4 nitrogen and oxygen atoms in total. The second-order valence-electron chi connectivity index (χ2n) is 6.69. The number of aryl methyl sites for hydroxylation is 1. The first kappa shape index (κ1) is 17.0. The van der Waals surface area contributed by atoms with Crippen LogP contribution in [0.3, 0.4) is 0 Å². The molecule has 4 heteroatoms. The van der Waals surface area contributed by atoms with Crippen LogP contribution >= 0.6 is 0 Å². The van der Waals surface area contributed by atoms with Crippen LogP contribution in [-0.4, -0.2) is 20.4 Å². The molecule has 0 spiro atoms. The van der Waals surface area contributed by atoms with Gasteiger partial charge >= 0.3 is 0 Å². The largest absolute Gasteiger partial charge is 0.334 e. The molecule has 0 saturated carbocycles. The molecule has 27 heavy (non-hydrogen) atoms. The lowest BCUT2D eigenvalue weighted by Crippen LogP contribution is -2.30. The van der Waals surface area contributed by atoms with E-state index in [1.165, 1.54) is 0 Å². The van der Waals surface area contributed by atoms with Crippen LogP contribution in [0.15, 0.2) is 85.2 Å². The van der Waals surface area contributed by atoms with Crippen molar-refractivity contribution in [2.75, 3.05) is 0 Å². The van der Waals surface area contributed by atoms with E-state index in [4.69, 9.17) is 0 Å². The van der Waals surface area contributed by atoms with Gasteiger partial charge in [-0.25, -0.2) is 4.98 Å². The van der Waals surface area contributed by atoms with E-state index in [1.807, 2.05) is 95.4 Å². The van der Waals surface area contributed by atoms with Crippen molar-refractivity contribution in [3.8, 4) is 0 Å². The zero-order valence-electron chi connectivity index (χ0n) is 15.2. The lowest BCUT2D eigenvalue weighted by atomic mass is 10.1. The highest BCUT2D eigenvalue weighted by Gasteiger charge is 2.18. The number of benzene rings is 3. The van der Waals surface area contributed by atoms with Crippen LogP contribution in [0, 0.1) is 0 Å². The highest BCUT2D eigenvalue weighted by Crippen LogP contribution is 2.18. The number of amides is 1. The average Bonchev–Trinajstić information content (AvgIpc) is 3.09. The molecule has 0 N–H and O–H groups in total. The van der Waals surface area contributed by atoms with E-state index in [-0.39, 0.29) is 5.91 Å². The maximum absolute atomic E-state index is 13.3. The Kier molecular flexibility index (Phi) is 4.71. The summed E-state index contributed by atoms with van der Waals surface area (Å²) in [5.74, 6) is 0.00950. The van der Waals surface area contributed by atoms with E-state index < -0.39 is 0 Å². The molecule has 0 aliphatic carbocycles. The molecule has 1 heterocycles. The number of hydrogen-bond acceptors (Lipinski definition) is 2. The second-order valence-corrected chi connectivity index (χ2v) is 6.69. The molecule has 0 radical (unpaired) electrons. The minimum Gasteiger partial charge on any atom is -0.334 e. The fourth-order valence-electron chi connectivity index (χ4n) is 3.26. The molecule has 1 amide bonds. The number of carbonyl (C=O) groups is 1. The maximum Gasteiger partial charge on any atom is 0.254 e. The van der Waals surface area contributed by atoms with Crippen molar-refractivity contribution >= 4 is 16.9 Å². The fraction of sp³-hybridized carbons (Fsp3) is 0.130. The van der Waals surface area contributed by atoms with Crippen molar-refractivity contribution < 1.29 is 4.79 Å². The van der Waals surface area contributed by atoms with Gasteiger partial charge < -0.3 is 9.47 Å². The average molecular weight is 355 g/mol. The van der Waals surface area contributed by atoms with Gasteiger partial charge in [-0.15, -0.1) is 0 Å². The van der Waals surface area contributed by atoms with Gasteiger partial charge in [0.25, 0.3) is 5.91 Å². The molecule has 0 unspecified atom stereocenters. The third kappa shape index (κ3) is 3.75. The number of imidazole rings is 1. The molecule has 0 aliphatic rings. The smallest absolute Gasteiger partial charge is 0.254 e. The van der Waals surface area contributed by atoms with Crippen LogP contribution in [-0.2, 0) is 20.1 Å². The second kappa shape index (κ2) is 7.46. The Morgan fingerprint density at radius 3 is 2.07 bits per heavy atom. The van der Waals surface area contributed by atoms with Crippen LogP contribution in [0.4, 0.5) is 0 Å². The van der Waals surface area contributed by atoms with Gasteiger partial charge in [0.2, 0.25) is 0 Å². The molecule has 0 saturated heterocycles. The lowest BCUT2D eigenvalue weighted by Gasteiger charge is -2.23. The summed E-state index contributed by atoms with van der Waals surface area (Å²) in [4.78, 5) is 19.6. The predicted octanol–water partition coefficient (Wildman–Crippen LogP) is 4.42. The molecule has 4 rings (SSSR count). The summed E-state index contributed by atoms with van der Waals surface area (Å²) in [6.07, 6.45) is 1.77. The third-order valence-electron chi connectivity index (χ3n) is 4.69. The number of hydrogen-bond donors (Lipinski definition) is 0. The third-order valence-corrected chi connectivity index (χ3v) is 4.69. The van der Waals surface area contributed by atoms with Crippen molar-refractivity contribution in [3.63, 3.8) is 0 Å². The first-order chi connectivity index (χ1) is 13.2. The van der Waals surface area contributed by atoms with Crippen molar-refractivity contribution in [3.05, 3.63) is 102 Å². The summed E-state index contributed by atoms with van der Waals surface area (Å²) < 4.78 is 1.95. The first-order valence-electron chi connectivity index (χ1n) is 8.99. The number of carbonyl (C=O) groups excluding carboxylic acids is 1. The Labute approximate surface area is 158 Å². The quantitative estimate of drug-likeness (QED) is 0.532. The maximum atomic E-state index is 13.3. The van der Waals surface area contributed by atoms with Crippen molar-refractivity contribution in [2.45, 2.75) is 13.1 Å². The molecule has 0 atom stereocenters. The molecule has 4 aromatic rings. The Morgan fingerprint density at radius 1 is 0.889 bits per heavy atom. The highest BCUT2D eigenvalue weighted by atomic mass is 16.2. The number of fused-ring (bicyclic) bond motifs is 1. The normalized spacial score (nSPS) is 10.9. The van der Waals surface area contributed by atoms with E-state index in [2.05, 4.69) is 4.98 Å². The zero-order valence-corrected chi connectivity index (χ0v) is 15.2. The topological polar surface area (TPSA) is 38.1 Å². The fourth-order valence-corrected chi connectivity index (χ4v) is 3.26. The molecular weight excluding hydrogens is 334 g/mol. The predicted molar refractivity (Wildman–Crippen MR) is 107 cm³/mol. The number of aromatic nitrogens is 2. The van der Waals surface area contributed by atoms with Crippen LogP contribution in [0.5, 0.6) is 0 Å². The van der Waals surface area contributed by atoms with Crippen LogP contribution in [0.2, 0.25) is 0 Å². The Bertz CT molecular complexity index is 1010. The van der Waals surface area contributed by atoms with Gasteiger partial charge in [-0.3, -0.25) is 4.79 Å². The Hall–Kier alpha value is -3.40. The Morgan fingerprint density at radius 2 is 1.48 bits per heavy atom. The summed E-state index contributed by atoms with van der Waals surface area (Å²) >= 11 is 0. The van der Waals surface area contributed by atoms with Crippen molar-refractivity contribution in [1.29, 1.82) is 0 Å². The molecular formula is C23H21N3O. The van der Waals surface area contributed by atoms with E-state index in [9.17, 15) is 4.79 Å². The van der Waals surface area contributed by atoms with Crippen LogP contribution < -0.4 is 0 Å². The number of nitrogens with zero attached hydrogens (tertiary/aromatic N) is 3. The standard InChI is InChI=1S/C23H21N3O/c1-25-17-24-21-14-20(12-13-22(21)25)23(27)26(15-18-8-4-2-5-9-18)16-19-10-6-3-7-11-19/h2-14,17H,15-16H2,1H3. The van der Waals surface area contributed by atoms with Crippen molar-refractivity contribution in [2.24, 2.45) is 7.05 Å². The Balaban J connectivity index is 1.65. The van der Waals surface area contributed by atoms with Crippen LogP contribution in [0.1, 0.15) is 21.5 Å². The van der Waals surface area contributed by atoms with Gasteiger partial charge in [0.05, 0.1) is 17.4 Å². The minimum atomic E-state index is 0.00950. The van der Waals surface area contributed by atoms with Gasteiger partial charge in [-0.1, -0.05) is 60.7 Å². The van der Waals surface area contributed by atoms with E-state index in [0.29, 0.717) is 18.7 Å². The molecule has 0 fully saturated rings. The molecule has 0 bridgehead atoms. The number of rotatable bonds is 5. The zero-order chi connectivity index (χ0) is 18.6. The van der Waals surface area contributed by atoms with Gasteiger partial charge in [0, 0.05) is 25.7 Å². The van der Waals surface area contributed by atoms with Gasteiger partial charge in [0.1, 0.15) is 0 Å². The van der Waals surface area contributed by atoms with E-state index in [0.717, 1.165) is 22.2 Å². The molecule has 3 aromatic carbocycles. The minimum absolute atomic E-state index is 0.00950. The highest BCUT2D eigenvalue weighted by molar-refractivity contribution is 5.97. The molecule has 0 aliphatic heterocycles. The first-order valence-corrected chi connectivity index (χ1v) is 8.99. The molecule has 1 aromatic heterocycles. The summed E-state index contributed by atoms with van der Waals surface area (Å²) in [7, 11) is 1.95. The van der Waals surface area contributed by atoms with Gasteiger partial charge in [0.15, 0.2) is 0 Å². The van der Waals surface area contributed by atoms with Gasteiger partial charge in [-0.2, -0.15) is 0 Å². The van der Waals surface area contributed by atoms with Crippen LogP contribution in [0.25, 0.3) is 11.0 Å². The SMILES string of the molecule is Cn1cnc2cc(C(=O)N(Cc3ccccc3)Cc3ccccc3)ccc21. The van der Waals surface area contributed by atoms with Gasteiger partial charge in [-0.05, 0) is 29.3 Å². The van der Waals surface area contributed by atoms with E-state index >= 15 is 0 Å². The summed E-state index contributed by atoms with van der Waals surface area (Å²) in [6.45, 7) is 1.13. The summed E-state index contributed by atoms with van der Waals surface area (Å²) in [5, 5.41) is 0. The summed E-state index contributed by atoms with van der Waals surface area (Å²) in [5.41, 5.74) is 4.74. The monoisotopic (exact) mass is 355 g/mol. The van der Waals surface area contributed by atoms with E-state index in [1.54, 1.807) is 6.33 Å². The van der Waals surface area contributed by atoms with Crippen molar-refractivity contribution in [1.82, 2.24) is 14.5 Å².